The third kappa shape index (κ3) is 3.66. The van der Waals surface area contributed by atoms with Crippen LogP contribution in [0.25, 0.3) is 0 Å². The molecule has 0 radical (unpaired) electrons. The van der Waals surface area contributed by atoms with E-state index in [0.717, 1.165) is 5.59 Å². The standard InChI is InChI=1S/C14H22B2N4O5S/c1-7(2)12(10-4-11(16-15)18-25-10)14(22)20-5-8(21)3-9(20)13-17-6-26(23,24)19-13/h4,7-9,12,16,21H,3,5-6,15H2,1-2H3,(H,17,19)/t8-,9+,12?/m1/s1. The molecule has 1 aromatic rings. The number of carbonyl (C=O) groups excluding carboxylic acids is 1. The van der Waals surface area contributed by atoms with E-state index in [9.17, 15) is 18.3 Å². The largest absolute Gasteiger partial charge is 0.391 e. The molecule has 2 aliphatic rings. The highest BCUT2D eigenvalue weighted by atomic mass is 32.2. The molecule has 0 saturated carbocycles. The molecule has 26 heavy (non-hydrogen) atoms. The number of amides is 1. The van der Waals surface area contributed by atoms with Crippen LogP contribution >= 0.6 is 0 Å². The quantitative estimate of drug-likeness (QED) is 0.532. The van der Waals surface area contributed by atoms with E-state index >= 15 is 0 Å². The summed E-state index contributed by atoms with van der Waals surface area (Å²) in [7, 11) is -0.910. The molecule has 3 heterocycles. The van der Waals surface area contributed by atoms with Crippen molar-refractivity contribution in [2.75, 3.05) is 12.4 Å². The number of rotatable bonds is 5. The first-order valence-corrected chi connectivity index (χ1v) is 10.3. The van der Waals surface area contributed by atoms with Crippen molar-refractivity contribution in [1.29, 1.82) is 0 Å². The molecule has 12 heteroatoms. The smallest absolute Gasteiger partial charge is 0.272 e. The van der Waals surface area contributed by atoms with Crippen LogP contribution in [0.15, 0.2) is 15.0 Å². The van der Waals surface area contributed by atoms with Gasteiger partial charge in [-0.25, -0.2) is 8.42 Å². The number of nitrogens with one attached hydrogen (secondary N) is 1. The highest BCUT2D eigenvalue weighted by Gasteiger charge is 2.43. The zero-order valence-corrected chi connectivity index (χ0v) is 15.9. The first-order valence-electron chi connectivity index (χ1n) is 8.72. The normalized spacial score (nSPS) is 25.8. The van der Waals surface area contributed by atoms with E-state index in [-0.39, 0.29) is 36.5 Å². The van der Waals surface area contributed by atoms with Crippen LogP contribution in [0.3, 0.4) is 0 Å². The van der Waals surface area contributed by atoms with Gasteiger partial charge < -0.3 is 19.8 Å². The van der Waals surface area contributed by atoms with E-state index in [4.69, 9.17) is 4.52 Å². The Labute approximate surface area is 153 Å². The van der Waals surface area contributed by atoms with E-state index in [1.807, 2.05) is 21.6 Å². The number of nitrogens with zero attached hydrogens (tertiary/aromatic N) is 3. The lowest BCUT2D eigenvalue weighted by atomic mass is 9.53. The number of sulfonamides is 1. The summed E-state index contributed by atoms with van der Waals surface area (Å²) in [5.41, 5.74) is 0.768. The number of hydrogen-bond donors (Lipinski definition) is 2. The lowest BCUT2D eigenvalue weighted by Gasteiger charge is -2.29. The average Bonchev–Trinajstić information content (AvgIpc) is 3.25. The molecule has 3 rings (SSSR count). The third-order valence-corrected chi connectivity index (χ3v) is 5.71. The Hall–Kier alpha value is -1.81. The minimum atomic E-state index is -3.56. The number of aliphatic hydroxyl groups excluding tert-OH is 1. The number of aliphatic hydroxyl groups is 1. The second-order valence-corrected chi connectivity index (χ2v) is 8.71. The van der Waals surface area contributed by atoms with Crippen molar-refractivity contribution < 1.29 is 22.8 Å². The van der Waals surface area contributed by atoms with Gasteiger partial charge >= 0.3 is 0 Å². The summed E-state index contributed by atoms with van der Waals surface area (Å²) in [6, 6.07) is 1.18. The summed E-state index contributed by atoms with van der Waals surface area (Å²) in [6.45, 7) is 3.95. The molecule has 1 unspecified atom stereocenters. The van der Waals surface area contributed by atoms with Crippen molar-refractivity contribution >= 4 is 42.3 Å². The van der Waals surface area contributed by atoms with Crippen LogP contribution in [0.1, 0.15) is 31.9 Å². The minimum Gasteiger partial charge on any atom is -0.391 e. The predicted molar refractivity (Wildman–Crippen MR) is 99.9 cm³/mol. The SMILES string of the molecule is BBc1cc(C(C(=O)N2C[C@H](O)C[C@H]2C2=NS(=O)(=O)CN2)C(C)C)on1. The maximum absolute atomic E-state index is 13.3. The number of hydrogen-bond acceptors (Lipinski definition) is 7. The van der Waals surface area contributed by atoms with E-state index in [1.165, 1.54) is 4.90 Å². The van der Waals surface area contributed by atoms with E-state index < -0.39 is 28.1 Å². The monoisotopic (exact) mass is 380 g/mol. The molecule has 3 atom stereocenters. The van der Waals surface area contributed by atoms with Crippen LogP contribution in [0.4, 0.5) is 0 Å². The van der Waals surface area contributed by atoms with Gasteiger partial charge in [0.2, 0.25) is 5.91 Å². The summed E-state index contributed by atoms with van der Waals surface area (Å²) in [5, 5.41) is 16.8. The van der Waals surface area contributed by atoms with Crippen molar-refractivity contribution in [2.45, 2.75) is 38.3 Å². The van der Waals surface area contributed by atoms with Crippen LogP contribution in [0.2, 0.25) is 0 Å². The minimum absolute atomic E-state index is 0.0549. The number of likely N-dealkylation sites (tertiary alicyclic amines) is 1. The Morgan fingerprint density at radius 2 is 2.27 bits per heavy atom. The molecule has 0 aliphatic carbocycles. The fourth-order valence-corrected chi connectivity index (χ4v) is 4.31. The van der Waals surface area contributed by atoms with Gasteiger partial charge in [0, 0.05) is 18.6 Å². The van der Waals surface area contributed by atoms with E-state index in [1.54, 1.807) is 6.07 Å². The lowest BCUT2D eigenvalue weighted by Crippen LogP contribution is -2.47. The number of carbonyl (C=O) groups is 1. The fourth-order valence-electron chi connectivity index (χ4n) is 3.43. The molecule has 2 N–H and O–H groups in total. The molecule has 140 valence electrons. The zero-order chi connectivity index (χ0) is 19.1. The van der Waals surface area contributed by atoms with Crippen molar-refractivity contribution in [3.63, 3.8) is 0 Å². The van der Waals surface area contributed by atoms with Gasteiger partial charge in [-0.3, -0.25) is 4.79 Å². The second-order valence-electron chi connectivity index (χ2n) is 7.07. The van der Waals surface area contributed by atoms with Crippen molar-refractivity contribution in [3.8, 4) is 0 Å². The van der Waals surface area contributed by atoms with Gasteiger partial charge in [-0.2, -0.15) is 0 Å². The average molecular weight is 380 g/mol. The topological polar surface area (TPSA) is 125 Å². The molecule has 0 bridgehead atoms. The molecule has 1 fully saturated rings. The number of amidine groups is 1. The second kappa shape index (κ2) is 7.07. The third-order valence-electron chi connectivity index (χ3n) is 4.73. The first kappa shape index (κ1) is 19.0. The summed E-state index contributed by atoms with van der Waals surface area (Å²) in [5.74, 6) is -0.434. The molecule has 1 saturated heterocycles. The predicted octanol–water partition coefficient (Wildman–Crippen LogP) is -2.73. The lowest BCUT2D eigenvalue weighted by molar-refractivity contribution is -0.134. The molecular formula is C14H22B2N4O5S. The number of β-amino-alcohol motifs (C(OH)–C–C–N with tert-alkyl or cyclic N) is 1. The Morgan fingerprint density at radius 1 is 1.54 bits per heavy atom. The molecule has 2 aliphatic heterocycles. The Balaban J connectivity index is 1.90. The molecule has 0 spiro atoms. The van der Waals surface area contributed by atoms with Crippen molar-refractivity contribution in [1.82, 2.24) is 15.4 Å². The summed E-state index contributed by atoms with van der Waals surface area (Å²) < 4.78 is 32.3. The van der Waals surface area contributed by atoms with Crippen LogP contribution in [0.5, 0.6) is 0 Å². The van der Waals surface area contributed by atoms with Gasteiger partial charge in [-0.05, 0) is 12.0 Å². The van der Waals surface area contributed by atoms with Crippen molar-refractivity contribution in [3.05, 3.63) is 11.8 Å². The van der Waals surface area contributed by atoms with Gasteiger partial charge in [-0.1, -0.05) is 19.0 Å². The summed E-state index contributed by atoms with van der Waals surface area (Å²) in [6.07, 6.45) is -0.486. The van der Waals surface area contributed by atoms with Crippen LogP contribution in [-0.2, 0) is 14.8 Å². The highest BCUT2D eigenvalue weighted by molar-refractivity contribution is 7.90. The van der Waals surface area contributed by atoms with Crippen LogP contribution < -0.4 is 10.9 Å². The summed E-state index contributed by atoms with van der Waals surface area (Å²) >= 11 is 0. The Morgan fingerprint density at radius 3 is 2.81 bits per heavy atom. The van der Waals surface area contributed by atoms with Gasteiger partial charge in [0.25, 0.3) is 10.0 Å². The fraction of sp³-hybridized carbons (Fsp3) is 0.643. The molecule has 9 nitrogen and oxygen atoms in total. The van der Waals surface area contributed by atoms with Crippen LogP contribution in [-0.4, -0.2) is 74.8 Å². The highest BCUT2D eigenvalue weighted by Crippen LogP contribution is 2.30. The van der Waals surface area contributed by atoms with Gasteiger partial charge in [0.1, 0.15) is 30.6 Å². The maximum Gasteiger partial charge on any atom is 0.272 e. The Bertz CT molecular complexity index is 825. The Kier molecular flexibility index (Phi) is 5.16. The maximum atomic E-state index is 13.3. The molecular weight excluding hydrogens is 358 g/mol. The van der Waals surface area contributed by atoms with Gasteiger partial charge in [0.15, 0.2) is 0 Å². The van der Waals surface area contributed by atoms with Crippen LogP contribution in [0, 0.1) is 5.92 Å². The first-order chi connectivity index (χ1) is 12.2. The van der Waals surface area contributed by atoms with E-state index in [2.05, 4.69) is 14.9 Å². The van der Waals surface area contributed by atoms with Gasteiger partial charge in [-0.15, -0.1) is 4.40 Å². The number of aromatic nitrogens is 1. The molecule has 1 aromatic heterocycles. The molecule has 1 amide bonds. The zero-order valence-electron chi connectivity index (χ0n) is 15.0. The summed E-state index contributed by atoms with van der Waals surface area (Å²) in [4.78, 5) is 14.8. The van der Waals surface area contributed by atoms with E-state index in [0.29, 0.717) is 12.9 Å². The van der Waals surface area contributed by atoms with Gasteiger partial charge in [0.05, 0.1) is 19.9 Å². The molecule has 0 aromatic carbocycles. The van der Waals surface area contributed by atoms with Crippen molar-refractivity contribution in [2.24, 2.45) is 10.3 Å².